The summed E-state index contributed by atoms with van der Waals surface area (Å²) in [6.45, 7) is 0. The second-order valence-electron chi connectivity index (χ2n) is 3.16. The average molecular weight is 227 g/mol. The molecule has 1 heterocycles. The van der Waals surface area contributed by atoms with E-state index in [9.17, 15) is 0 Å². The van der Waals surface area contributed by atoms with Crippen LogP contribution in [0.2, 0.25) is 0 Å². The van der Waals surface area contributed by atoms with Gasteiger partial charge in [0.1, 0.15) is 0 Å². The van der Waals surface area contributed by atoms with Crippen molar-refractivity contribution in [3.63, 3.8) is 0 Å². The summed E-state index contributed by atoms with van der Waals surface area (Å²) in [6, 6.07) is 9.77. The van der Waals surface area contributed by atoms with E-state index in [1.165, 1.54) is 17.4 Å². The monoisotopic (exact) mass is 227 g/mol. The van der Waals surface area contributed by atoms with E-state index < -0.39 is 0 Å². The highest BCUT2D eigenvalue weighted by atomic mass is 32.1. The maximum absolute atomic E-state index is 8.40. The van der Waals surface area contributed by atoms with Crippen molar-refractivity contribution in [1.82, 2.24) is 4.98 Å². The van der Waals surface area contributed by atoms with Gasteiger partial charge in [0.2, 0.25) is 0 Å². The Morgan fingerprint density at radius 1 is 1.31 bits per heavy atom. The quantitative estimate of drug-likeness (QED) is 0.802. The SMILES string of the molecule is N#CC=Cc1ccc(-c2csc(N)n2)cc1. The Morgan fingerprint density at radius 2 is 2.06 bits per heavy atom. The van der Waals surface area contributed by atoms with Gasteiger partial charge in [-0.1, -0.05) is 24.3 Å². The van der Waals surface area contributed by atoms with E-state index in [1.807, 2.05) is 35.7 Å². The summed E-state index contributed by atoms with van der Waals surface area (Å²) in [7, 11) is 0. The Bertz CT molecular complexity index is 546. The minimum Gasteiger partial charge on any atom is -0.375 e. The fourth-order valence-corrected chi connectivity index (χ4v) is 1.89. The number of nitrogens with two attached hydrogens (primary N) is 1. The van der Waals surface area contributed by atoms with Gasteiger partial charge in [-0.25, -0.2) is 4.98 Å². The maximum Gasteiger partial charge on any atom is 0.180 e. The molecule has 0 unspecified atom stereocenters. The van der Waals surface area contributed by atoms with E-state index in [0.29, 0.717) is 5.13 Å². The van der Waals surface area contributed by atoms with Crippen molar-refractivity contribution >= 4 is 22.5 Å². The topological polar surface area (TPSA) is 62.7 Å². The van der Waals surface area contributed by atoms with Crippen molar-refractivity contribution in [3.8, 4) is 17.3 Å². The fourth-order valence-electron chi connectivity index (χ4n) is 1.32. The zero-order chi connectivity index (χ0) is 11.4. The molecule has 2 aromatic rings. The zero-order valence-corrected chi connectivity index (χ0v) is 9.24. The second-order valence-corrected chi connectivity index (χ2v) is 4.05. The van der Waals surface area contributed by atoms with Gasteiger partial charge in [-0.3, -0.25) is 0 Å². The normalized spacial score (nSPS) is 10.4. The van der Waals surface area contributed by atoms with Gasteiger partial charge in [-0.15, -0.1) is 11.3 Å². The molecular weight excluding hydrogens is 218 g/mol. The first-order valence-corrected chi connectivity index (χ1v) is 5.55. The van der Waals surface area contributed by atoms with Crippen molar-refractivity contribution in [2.45, 2.75) is 0 Å². The van der Waals surface area contributed by atoms with E-state index in [2.05, 4.69) is 4.98 Å². The lowest BCUT2D eigenvalue weighted by Crippen LogP contribution is -1.83. The molecule has 3 nitrogen and oxygen atoms in total. The molecule has 0 aliphatic rings. The Balaban J connectivity index is 2.26. The summed E-state index contributed by atoms with van der Waals surface area (Å²) in [5, 5.41) is 10.9. The lowest BCUT2D eigenvalue weighted by atomic mass is 10.1. The summed E-state index contributed by atoms with van der Waals surface area (Å²) < 4.78 is 0. The van der Waals surface area contributed by atoms with Crippen molar-refractivity contribution in [1.29, 1.82) is 5.26 Å². The van der Waals surface area contributed by atoms with Crippen LogP contribution in [0.3, 0.4) is 0 Å². The van der Waals surface area contributed by atoms with Gasteiger partial charge in [-0.05, 0) is 11.6 Å². The van der Waals surface area contributed by atoms with Crippen LogP contribution in [0.15, 0.2) is 35.7 Å². The maximum atomic E-state index is 8.40. The summed E-state index contributed by atoms with van der Waals surface area (Å²) in [4.78, 5) is 4.20. The van der Waals surface area contributed by atoms with Gasteiger partial charge in [-0.2, -0.15) is 5.26 Å². The average Bonchev–Trinajstić information content (AvgIpc) is 2.74. The minimum atomic E-state index is 0.573. The Hall–Kier alpha value is -2.12. The van der Waals surface area contributed by atoms with E-state index in [-0.39, 0.29) is 0 Å². The number of benzene rings is 1. The summed E-state index contributed by atoms with van der Waals surface area (Å²) in [6.07, 6.45) is 3.22. The molecule has 16 heavy (non-hydrogen) atoms. The Morgan fingerprint density at radius 3 is 2.62 bits per heavy atom. The molecule has 0 fully saturated rings. The van der Waals surface area contributed by atoms with Crippen LogP contribution in [0.25, 0.3) is 17.3 Å². The molecule has 1 aromatic carbocycles. The lowest BCUT2D eigenvalue weighted by molar-refractivity contribution is 1.41. The molecule has 0 bridgehead atoms. The van der Waals surface area contributed by atoms with Gasteiger partial charge in [0, 0.05) is 17.0 Å². The Kier molecular flexibility index (Phi) is 2.99. The first-order chi connectivity index (χ1) is 7.79. The van der Waals surface area contributed by atoms with Crippen LogP contribution in [-0.4, -0.2) is 4.98 Å². The largest absolute Gasteiger partial charge is 0.375 e. The molecule has 0 saturated heterocycles. The third kappa shape index (κ3) is 2.27. The molecule has 1 aromatic heterocycles. The van der Waals surface area contributed by atoms with Crippen molar-refractivity contribution in [2.24, 2.45) is 0 Å². The van der Waals surface area contributed by atoms with E-state index >= 15 is 0 Å². The number of thiazole rings is 1. The van der Waals surface area contributed by atoms with Gasteiger partial charge in [0.05, 0.1) is 11.8 Å². The van der Waals surface area contributed by atoms with Crippen LogP contribution in [0.1, 0.15) is 5.56 Å². The molecule has 0 atom stereocenters. The van der Waals surface area contributed by atoms with Crippen molar-refractivity contribution < 1.29 is 0 Å². The molecule has 78 valence electrons. The fraction of sp³-hybridized carbons (Fsp3) is 0. The second kappa shape index (κ2) is 4.60. The highest BCUT2D eigenvalue weighted by Gasteiger charge is 2.01. The molecule has 0 amide bonds. The Labute approximate surface area is 97.5 Å². The number of nitrogens with zero attached hydrogens (tertiary/aromatic N) is 2. The van der Waals surface area contributed by atoms with Crippen LogP contribution in [0.4, 0.5) is 5.13 Å². The van der Waals surface area contributed by atoms with Crippen LogP contribution in [0, 0.1) is 11.3 Å². The van der Waals surface area contributed by atoms with Crippen LogP contribution >= 0.6 is 11.3 Å². The number of aromatic nitrogens is 1. The van der Waals surface area contributed by atoms with Crippen molar-refractivity contribution in [2.75, 3.05) is 5.73 Å². The standard InChI is InChI=1S/C12H9N3S/c13-7-1-2-9-3-5-10(6-4-9)11-8-16-12(14)15-11/h1-6,8H,(H2,14,15). The van der Waals surface area contributed by atoms with E-state index in [0.717, 1.165) is 16.8 Å². The van der Waals surface area contributed by atoms with Crippen LogP contribution in [0.5, 0.6) is 0 Å². The van der Waals surface area contributed by atoms with Gasteiger partial charge in [0.15, 0.2) is 5.13 Å². The summed E-state index contributed by atoms with van der Waals surface area (Å²) in [5.41, 5.74) is 8.48. The zero-order valence-electron chi connectivity index (χ0n) is 8.42. The van der Waals surface area contributed by atoms with Gasteiger partial charge < -0.3 is 5.73 Å². The predicted molar refractivity (Wildman–Crippen MR) is 66.6 cm³/mol. The molecule has 0 radical (unpaired) electrons. The van der Waals surface area contributed by atoms with Gasteiger partial charge >= 0.3 is 0 Å². The van der Waals surface area contributed by atoms with Crippen LogP contribution in [-0.2, 0) is 0 Å². The van der Waals surface area contributed by atoms with Crippen molar-refractivity contribution in [3.05, 3.63) is 41.3 Å². The number of nitriles is 1. The molecule has 0 spiro atoms. The number of hydrogen-bond acceptors (Lipinski definition) is 4. The molecule has 0 aliphatic heterocycles. The lowest BCUT2D eigenvalue weighted by Gasteiger charge is -1.97. The number of rotatable bonds is 2. The van der Waals surface area contributed by atoms with Gasteiger partial charge in [0.25, 0.3) is 0 Å². The third-order valence-corrected chi connectivity index (χ3v) is 2.75. The number of allylic oxidation sites excluding steroid dienone is 1. The minimum absolute atomic E-state index is 0.573. The number of nitrogen functional groups attached to an aromatic ring is 1. The molecule has 0 aliphatic carbocycles. The highest BCUT2D eigenvalue weighted by Crippen LogP contribution is 2.23. The third-order valence-electron chi connectivity index (χ3n) is 2.08. The molecule has 0 saturated carbocycles. The first kappa shape index (κ1) is 10.4. The van der Waals surface area contributed by atoms with E-state index in [4.69, 9.17) is 11.0 Å². The summed E-state index contributed by atoms with van der Waals surface area (Å²) >= 11 is 1.43. The van der Waals surface area contributed by atoms with Crippen LogP contribution < -0.4 is 5.73 Å². The smallest absolute Gasteiger partial charge is 0.180 e. The predicted octanol–water partition coefficient (Wildman–Crippen LogP) is 2.93. The summed E-state index contributed by atoms with van der Waals surface area (Å²) in [5.74, 6) is 0. The molecule has 4 heteroatoms. The molecule has 2 rings (SSSR count). The molecular formula is C12H9N3S. The van der Waals surface area contributed by atoms with E-state index in [1.54, 1.807) is 6.08 Å². The molecule has 2 N–H and O–H groups in total. The highest BCUT2D eigenvalue weighted by molar-refractivity contribution is 7.13. The first-order valence-electron chi connectivity index (χ1n) is 4.67. The number of anilines is 1. The number of hydrogen-bond donors (Lipinski definition) is 1.